The molecule has 0 rings (SSSR count). The lowest BCUT2D eigenvalue weighted by Crippen LogP contribution is -1.56. The predicted octanol–water partition coefficient (Wildman–Crippen LogP) is 2.61. The summed E-state index contributed by atoms with van der Waals surface area (Å²) in [6, 6.07) is 0. The summed E-state index contributed by atoms with van der Waals surface area (Å²) in [5.74, 6) is 0. The Kier molecular flexibility index (Phi) is 2.78. The Morgan fingerprint density at radius 3 is 1.67 bits per heavy atom. The average Bonchev–Trinajstić information content (AvgIpc) is 1.36. The lowest BCUT2D eigenvalue weighted by Gasteiger charge is -1.82. The molecule has 0 N–H and O–H groups in total. The molecule has 0 spiro atoms. The van der Waals surface area contributed by atoms with E-state index in [9.17, 15) is 0 Å². The SMILES string of the molecule is [CH]=C(Br)C(=C)Br. The van der Waals surface area contributed by atoms with E-state index in [1.165, 1.54) is 0 Å². The summed E-state index contributed by atoms with van der Waals surface area (Å²) in [5.41, 5.74) is 0. The van der Waals surface area contributed by atoms with Crippen LogP contribution in [-0.4, -0.2) is 0 Å². The number of hydrogen-bond donors (Lipinski definition) is 0. The molecule has 6 heavy (non-hydrogen) atoms. The Balaban J connectivity index is 3.57. The molecule has 0 fully saturated rings. The first-order valence-electron chi connectivity index (χ1n) is 1.27. The molecule has 0 aromatic carbocycles. The van der Waals surface area contributed by atoms with Crippen LogP contribution in [0.4, 0.5) is 0 Å². The van der Waals surface area contributed by atoms with E-state index < -0.39 is 0 Å². The molecule has 0 bridgehead atoms. The Bertz CT molecular complexity index is 71.5. The summed E-state index contributed by atoms with van der Waals surface area (Å²) in [6.07, 6.45) is 0. The lowest BCUT2D eigenvalue weighted by molar-refractivity contribution is 2.00. The van der Waals surface area contributed by atoms with Crippen LogP contribution in [0.25, 0.3) is 0 Å². The van der Waals surface area contributed by atoms with Gasteiger partial charge in [0.1, 0.15) is 0 Å². The highest BCUT2D eigenvalue weighted by Gasteiger charge is 1.83. The smallest absolute Gasteiger partial charge is 0.0311 e. The van der Waals surface area contributed by atoms with Crippen molar-refractivity contribution >= 4 is 31.9 Å². The molecular weight excluding hydrogens is 208 g/mol. The fraction of sp³-hybridized carbons (Fsp3) is 0. The average molecular weight is 211 g/mol. The van der Waals surface area contributed by atoms with E-state index in [2.05, 4.69) is 38.4 Å². The summed E-state index contributed by atoms with van der Waals surface area (Å²) in [6.45, 7) is 8.58. The van der Waals surface area contributed by atoms with Gasteiger partial charge in [0.2, 0.25) is 0 Å². The second-order valence-electron chi connectivity index (χ2n) is 0.753. The first-order chi connectivity index (χ1) is 2.64. The van der Waals surface area contributed by atoms with Gasteiger partial charge in [0, 0.05) is 8.96 Å². The van der Waals surface area contributed by atoms with Crippen LogP contribution in [0.5, 0.6) is 0 Å². The first kappa shape index (κ1) is 6.44. The molecule has 2 heteroatoms. The van der Waals surface area contributed by atoms with Crippen LogP contribution in [0.2, 0.25) is 0 Å². The zero-order valence-electron chi connectivity index (χ0n) is 3.04. The minimum absolute atomic E-state index is 0.544. The Morgan fingerprint density at radius 2 is 1.67 bits per heavy atom. The van der Waals surface area contributed by atoms with E-state index in [1.807, 2.05) is 0 Å². The van der Waals surface area contributed by atoms with Crippen molar-refractivity contribution in [2.75, 3.05) is 0 Å². The van der Waals surface area contributed by atoms with Gasteiger partial charge < -0.3 is 0 Å². The van der Waals surface area contributed by atoms with Crippen LogP contribution >= 0.6 is 31.9 Å². The predicted molar refractivity (Wildman–Crippen MR) is 34.8 cm³/mol. The minimum Gasteiger partial charge on any atom is -0.0836 e. The van der Waals surface area contributed by atoms with E-state index in [0.717, 1.165) is 0 Å². The molecule has 0 nitrogen and oxygen atoms in total. The molecule has 0 aromatic heterocycles. The van der Waals surface area contributed by atoms with Crippen molar-refractivity contribution in [1.82, 2.24) is 0 Å². The van der Waals surface area contributed by atoms with Crippen molar-refractivity contribution in [2.24, 2.45) is 0 Å². The Morgan fingerprint density at radius 1 is 1.50 bits per heavy atom. The molecule has 0 aromatic rings. The van der Waals surface area contributed by atoms with Gasteiger partial charge in [-0.3, -0.25) is 0 Å². The highest BCUT2D eigenvalue weighted by molar-refractivity contribution is 9.15. The molecule has 1 radical (unpaired) electrons. The van der Waals surface area contributed by atoms with Gasteiger partial charge in [-0.1, -0.05) is 22.5 Å². The summed E-state index contributed by atoms with van der Waals surface area (Å²) in [7, 11) is 0. The monoisotopic (exact) mass is 209 g/mol. The van der Waals surface area contributed by atoms with Crippen LogP contribution < -0.4 is 0 Å². The molecule has 0 aliphatic rings. The molecule has 0 unspecified atom stereocenters. The highest BCUT2D eigenvalue weighted by atomic mass is 79.9. The molecule has 0 heterocycles. The maximum Gasteiger partial charge on any atom is 0.0311 e. The fourth-order valence-corrected chi connectivity index (χ4v) is 0. The van der Waals surface area contributed by atoms with Crippen LogP contribution in [0.3, 0.4) is 0 Å². The standard InChI is InChI=1S/C4H3Br2/c1-3(5)4(2)6/h1H,2H2. The van der Waals surface area contributed by atoms with E-state index in [0.29, 0.717) is 8.96 Å². The minimum atomic E-state index is 0.544. The molecule has 0 atom stereocenters. The zero-order valence-corrected chi connectivity index (χ0v) is 6.21. The molecule has 0 aliphatic heterocycles. The summed E-state index contributed by atoms with van der Waals surface area (Å²) < 4.78 is 1.23. The summed E-state index contributed by atoms with van der Waals surface area (Å²) >= 11 is 6.02. The van der Waals surface area contributed by atoms with Gasteiger partial charge >= 0.3 is 0 Å². The van der Waals surface area contributed by atoms with Gasteiger partial charge in [-0.05, 0) is 22.5 Å². The maximum absolute atomic E-state index is 5.12. The number of allylic oxidation sites excluding steroid dienone is 2. The van der Waals surface area contributed by atoms with Crippen molar-refractivity contribution in [3.63, 3.8) is 0 Å². The first-order valence-corrected chi connectivity index (χ1v) is 2.86. The summed E-state index contributed by atoms with van der Waals surface area (Å²) in [4.78, 5) is 0. The zero-order chi connectivity index (χ0) is 5.15. The number of rotatable bonds is 1. The van der Waals surface area contributed by atoms with Crippen LogP contribution in [-0.2, 0) is 0 Å². The lowest BCUT2D eigenvalue weighted by atomic mass is 10.6. The van der Waals surface area contributed by atoms with Crippen molar-refractivity contribution < 1.29 is 0 Å². The van der Waals surface area contributed by atoms with Gasteiger partial charge in [0.25, 0.3) is 0 Å². The Labute approximate surface area is 54.2 Å². The van der Waals surface area contributed by atoms with Gasteiger partial charge in [-0.25, -0.2) is 0 Å². The number of hydrogen-bond acceptors (Lipinski definition) is 0. The van der Waals surface area contributed by atoms with Crippen molar-refractivity contribution in [1.29, 1.82) is 0 Å². The van der Waals surface area contributed by atoms with Crippen LogP contribution in [0.15, 0.2) is 15.5 Å². The third-order valence-corrected chi connectivity index (χ3v) is 1.70. The van der Waals surface area contributed by atoms with Gasteiger partial charge in [-0.2, -0.15) is 0 Å². The van der Waals surface area contributed by atoms with Crippen molar-refractivity contribution in [3.8, 4) is 0 Å². The second-order valence-corrected chi connectivity index (χ2v) is 2.56. The fourth-order valence-electron chi connectivity index (χ4n) is 0. The molecule has 0 saturated carbocycles. The molecular formula is C4H3Br2. The van der Waals surface area contributed by atoms with Crippen molar-refractivity contribution in [3.05, 3.63) is 22.1 Å². The van der Waals surface area contributed by atoms with E-state index in [1.54, 1.807) is 0 Å². The quantitative estimate of drug-likeness (QED) is 0.584. The highest BCUT2D eigenvalue weighted by Crippen LogP contribution is 2.16. The van der Waals surface area contributed by atoms with Gasteiger partial charge in [0.05, 0.1) is 0 Å². The van der Waals surface area contributed by atoms with Gasteiger partial charge in [0.15, 0.2) is 0 Å². The third-order valence-electron chi connectivity index (χ3n) is 0.259. The molecule has 0 aliphatic carbocycles. The van der Waals surface area contributed by atoms with E-state index >= 15 is 0 Å². The molecule has 0 amide bonds. The van der Waals surface area contributed by atoms with E-state index in [4.69, 9.17) is 6.58 Å². The van der Waals surface area contributed by atoms with E-state index in [-0.39, 0.29) is 0 Å². The molecule has 0 saturated heterocycles. The van der Waals surface area contributed by atoms with Crippen LogP contribution in [0.1, 0.15) is 0 Å². The third kappa shape index (κ3) is 2.67. The topological polar surface area (TPSA) is 0 Å². The number of halogens is 2. The molecule has 33 valence electrons. The second kappa shape index (κ2) is 2.59. The Hall–Kier alpha value is 0.440. The van der Waals surface area contributed by atoms with Gasteiger partial charge in [-0.15, -0.1) is 0 Å². The normalized spacial score (nSPS) is 7.67. The van der Waals surface area contributed by atoms with Crippen molar-refractivity contribution in [2.45, 2.75) is 0 Å². The summed E-state index contributed by atoms with van der Waals surface area (Å²) in [5, 5.41) is 0. The largest absolute Gasteiger partial charge is 0.0836 e. The maximum atomic E-state index is 5.12. The van der Waals surface area contributed by atoms with Crippen LogP contribution in [0, 0.1) is 6.58 Å².